The SMILES string of the molecule is COc1cccc(C(=O)O)c1OCc1ccc([N+](=O)[O-])c([N+](=O)[O-])c1C(=O)O. The van der Waals surface area contributed by atoms with E-state index in [4.69, 9.17) is 9.47 Å². The van der Waals surface area contributed by atoms with Gasteiger partial charge in [-0.1, -0.05) is 6.07 Å². The van der Waals surface area contributed by atoms with Gasteiger partial charge in [-0.15, -0.1) is 0 Å². The zero-order valence-electron chi connectivity index (χ0n) is 14.1. The van der Waals surface area contributed by atoms with Gasteiger partial charge in [0.2, 0.25) is 0 Å². The van der Waals surface area contributed by atoms with E-state index in [2.05, 4.69) is 0 Å². The van der Waals surface area contributed by atoms with Crippen LogP contribution in [-0.2, 0) is 6.61 Å². The predicted octanol–water partition coefficient (Wildman–Crippen LogP) is 2.49. The van der Waals surface area contributed by atoms with E-state index in [9.17, 15) is 40.0 Å². The number of ether oxygens (including phenoxy) is 2. The minimum atomic E-state index is -1.77. The van der Waals surface area contributed by atoms with E-state index in [1.165, 1.54) is 25.3 Å². The van der Waals surface area contributed by atoms with E-state index >= 15 is 0 Å². The average Bonchev–Trinajstić information content (AvgIpc) is 2.64. The summed E-state index contributed by atoms with van der Waals surface area (Å²) >= 11 is 0. The lowest BCUT2D eigenvalue weighted by Crippen LogP contribution is -2.12. The molecule has 12 nitrogen and oxygen atoms in total. The predicted molar refractivity (Wildman–Crippen MR) is 91.0 cm³/mol. The Morgan fingerprint density at radius 3 is 2.21 bits per heavy atom. The molecule has 0 fully saturated rings. The summed E-state index contributed by atoms with van der Waals surface area (Å²) < 4.78 is 10.4. The molecular weight excluding hydrogens is 380 g/mol. The number of hydrogen-bond donors (Lipinski definition) is 2. The fourth-order valence-electron chi connectivity index (χ4n) is 2.46. The maximum atomic E-state index is 11.5. The van der Waals surface area contributed by atoms with Gasteiger partial charge in [0.05, 0.1) is 17.0 Å². The molecule has 2 N–H and O–H groups in total. The van der Waals surface area contributed by atoms with Crippen LogP contribution in [0.5, 0.6) is 11.5 Å². The van der Waals surface area contributed by atoms with Crippen molar-refractivity contribution in [1.82, 2.24) is 0 Å². The van der Waals surface area contributed by atoms with Crippen LogP contribution in [0.2, 0.25) is 0 Å². The van der Waals surface area contributed by atoms with Crippen molar-refractivity contribution in [3.8, 4) is 11.5 Å². The van der Waals surface area contributed by atoms with Gasteiger partial charge < -0.3 is 19.7 Å². The highest BCUT2D eigenvalue weighted by molar-refractivity contribution is 5.96. The number of carboxylic acids is 2. The van der Waals surface area contributed by atoms with Gasteiger partial charge >= 0.3 is 23.3 Å². The van der Waals surface area contributed by atoms with E-state index in [0.717, 1.165) is 12.1 Å². The third-order valence-electron chi connectivity index (χ3n) is 3.64. The number of nitro benzene ring substituents is 2. The summed E-state index contributed by atoms with van der Waals surface area (Å²) in [4.78, 5) is 42.8. The van der Waals surface area contributed by atoms with Crippen molar-refractivity contribution in [2.75, 3.05) is 7.11 Å². The van der Waals surface area contributed by atoms with Crippen molar-refractivity contribution in [3.05, 3.63) is 67.3 Å². The van der Waals surface area contributed by atoms with Crippen LogP contribution in [0.15, 0.2) is 30.3 Å². The Bertz CT molecular complexity index is 986. The van der Waals surface area contributed by atoms with Crippen molar-refractivity contribution in [2.24, 2.45) is 0 Å². The lowest BCUT2D eigenvalue weighted by Gasteiger charge is -2.14. The third-order valence-corrected chi connectivity index (χ3v) is 3.64. The Morgan fingerprint density at radius 1 is 1.04 bits per heavy atom. The largest absolute Gasteiger partial charge is 0.493 e. The monoisotopic (exact) mass is 392 g/mol. The summed E-state index contributed by atoms with van der Waals surface area (Å²) in [6.07, 6.45) is 0. The fraction of sp³-hybridized carbons (Fsp3) is 0.125. The molecule has 146 valence electrons. The van der Waals surface area contributed by atoms with Crippen LogP contribution in [0.3, 0.4) is 0 Å². The number of methoxy groups -OCH3 is 1. The lowest BCUT2D eigenvalue weighted by atomic mass is 10.0. The summed E-state index contributed by atoms with van der Waals surface area (Å²) in [5, 5.41) is 40.8. The summed E-state index contributed by atoms with van der Waals surface area (Å²) in [5.41, 5.74) is -3.66. The molecule has 2 aromatic carbocycles. The van der Waals surface area contributed by atoms with E-state index in [1.54, 1.807) is 0 Å². The van der Waals surface area contributed by atoms with Gasteiger partial charge in [-0.3, -0.25) is 20.2 Å². The summed E-state index contributed by atoms with van der Waals surface area (Å²) in [5.74, 6) is -3.31. The Labute approximate surface area is 155 Å². The highest BCUT2D eigenvalue weighted by atomic mass is 16.6. The van der Waals surface area contributed by atoms with Gasteiger partial charge in [-0.25, -0.2) is 9.59 Å². The van der Waals surface area contributed by atoms with E-state index in [1.807, 2.05) is 0 Å². The van der Waals surface area contributed by atoms with Gasteiger partial charge in [0.15, 0.2) is 17.1 Å². The molecule has 12 heteroatoms. The number of carboxylic acid groups (broad SMARTS) is 2. The number of nitrogens with zero attached hydrogens (tertiary/aromatic N) is 2. The first-order chi connectivity index (χ1) is 13.2. The van der Waals surface area contributed by atoms with Crippen LogP contribution in [0.1, 0.15) is 26.3 Å². The first-order valence-electron chi connectivity index (χ1n) is 7.40. The second-order valence-electron chi connectivity index (χ2n) is 5.22. The van der Waals surface area contributed by atoms with E-state index in [-0.39, 0.29) is 22.6 Å². The molecule has 28 heavy (non-hydrogen) atoms. The molecule has 0 aliphatic carbocycles. The summed E-state index contributed by atoms with van der Waals surface area (Å²) in [6.45, 7) is -0.610. The van der Waals surface area contributed by atoms with Crippen molar-refractivity contribution >= 4 is 23.3 Å². The van der Waals surface area contributed by atoms with Crippen LogP contribution in [0.4, 0.5) is 11.4 Å². The minimum Gasteiger partial charge on any atom is -0.493 e. The summed E-state index contributed by atoms with van der Waals surface area (Å²) in [7, 11) is 1.26. The van der Waals surface area contributed by atoms with Crippen molar-refractivity contribution in [2.45, 2.75) is 6.61 Å². The number of hydrogen-bond acceptors (Lipinski definition) is 8. The number of carbonyl (C=O) groups is 2. The van der Waals surface area contributed by atoms with Crippen LogP contribution < -0.4 is 9.47 Å². The quantitative estimate of drug-likeness (QED) is 0.500. The highest BCUT2D eigenvalue weighted by Gasteiger charge is 2.34. The van der Waals surface area contributed by atoms with E-state index in [0.29, 0.717) is 0 Å². The van der Waals surface area contributed by atoms with E-state index < -0.39 is 45.3 Å². The topological polar surface area (TPSA) is 179 Å². The minimum absolute atomic E-state index is 0.0354. The van der Waals surface area contributed by atoms with Crippen LogP contribution in [0.25, 0.3) is 0 Å². The second kappa shape index (κ2) is 7.99. The molecule has 0 radical (unpaired) electrons. The molecule has 0 heterocycles. The van der Waals surface area contributed by atoms with Crippen molar-refractivity contribution in [3.63, 3.8) is 0 Å². The highest BCUT2D eigenvalue weighted by Crippen LogP contribution is 2.35. The van der Waals surface area contributed by atoms with Crippen molar-refractivity contribution in [1.29, 1.82) is 0 Å². The first-order valence-corrected chi connectivity index (χ1v) is 7.40. The standard InChI is InChI=1S/C16H12N2O10/c1-27-11-4-2-3-9(15(19)20)14(11)28-7-8-5-6-10(17(23)24)13(18(25)26)12(8)16(21)22/h2-6H,7H2,1H3,(H,19,20)(H,21,22). The molecule has 0 aliphatic rings. The number of aromatic carboxylic acids is 2. The second-order valence-corrected chi connectivity index (χ2v) is 5.22. The molecule has 0 spiro atoms. The lowest BCUT2D eigenvalue weighted by molar-refractivity contribution is -0.422. The Morgan fingerprint density at radius 2 is 1.71 bits per heavy atom. The fourth-order valence-corrected chi connectivity index (χ4v) is 2.46. The maximum Gasteiger partial charge on any atom is 0.360 e. The van der Waals surface area contributed by atoms with Gasteiger partial charge in [0.1, 0.15) is 12.2 Å². The Kier molecular flexibility index (Phi) is 5.73. The van der Waals surface area contributed by atoms with Crippen molar-refractivity contribution < 1.29 is 39.1 Å². The normalized spacial score (nSPS) is 10.2. The zero-order valence-corrected chi connectivity index (χ0v) is 14.1. The molecule has 2 aromatic rings. The molecule has 0 aliphatic heterocycles. The number of nitro groups is 2. The zero-order chi connectivity index (χ0) is 21.0. The number of rotatable bonds is 8. The molecule has 2 rings (SSSR count). The van der Waals surface area contributed by atoms with Gasteiger partial charge in [0.25, 0.3) is 0 Å². The molecule has 0 saturated heterocycles. The molecule has 0 aromatic heterocycles. The first kappa shape index (κ1) is 20.1. The summed E-state index contributed by atoms with van der Waals surface area (Å²) in [6, 6.07) is 5.79. The molecule has 0 atom stereocenters. The van der Waals surface area contributed by atoms with Gasteiger partial charge in [-0.2, -0.15) is 0 Å². The molecule has 0 unspecified atom stereocenters. The van der Waals surface area contributed by atoms with Crippen LogP contribution in [0, 0.1) is 20.2 Å². The molecule has 0 saturated carbocycles. The Hall–Kier alpha value is -4.22. The smallest absolute Gasteiger partial charge is 0.360 e. The number of para-hydroxylation sites is 1. The van der Waals surface area contributed by atoms with Gasteiger partial charge in [0, 0.05) is 11.6 Å². The molecular formula is C16H12N2O10. The van der Waals surface area contributed by atoms with Crippen LogP contribution >= 0.6 is 0 Å². The average molecular weight is 392 g/mol. The Balaban J connectivity index is 2.56. The van der Waals surface area contributed by atoms with Crippen LogP contribution in [-0.4, -0.2) is 39.1 Å². The molecule has 0 amide bonds. The maximum absolute atomic E-state index is 11.5. The van der Waals surface area contributed by atoms with Gasteiger partial charge in [-0.05, 0) is 18.2 Å². The molecule has 0 bridgehead atoms. The third kappa shape index (κ3) is 3.80. The number of benzene rings is 2.